The van der Waals surface area contributed by atoms with Crippen LogP contribution in [0, 0.1) is 17.2 Å². The van der Waals surface area contributed by atoms with Crippen LogP contribution in [0.2, 0.25) is 0 Å². The van der Waals surface area contributed by atoms with Crippen molar-refractivity contribution in [3.63, 3.8) is 0 Å². The summed E-state index contributed by atoms with van der Waals surface area (Å²) in [7, 11) is 1.89. The fourth-order valence-corrected chi connectivity index (χ4v) is 1.83. The monoisotopic (exact) mass is 273 g/mol. The maximum atomic E-state index is 12.0. The van der Waals surface area contributed by atoms with Gasteiger partial charge < -0.3 is 5.32 Å². The number of amides is 1. The molecule has 0 fully saturated rings. The lowest BCUT2D eigenvalue weighted by Crippen LogP contribution is -2.51. The first-order valence-corrected chi connectivity index (χ1v) is 6.82. The summed E-state index contributed by atoms with van der Waals surface area (Å²) < 4.78 is 0. The van der Waals surface area contributed by atoms with Gasteiger partial charge >= 0.3 is 0 Å². The van der Waals surface area contributed by atoms with Crippen LogP contribution in [0.15, 0.2) is 30.3 Å². The topological polar surface area (TPSA) is 56.1 Å². The van der Waals surface area contributed by atoms with E-state index < -0.39 is 5.54 Å². The van der Waals surface area contributed by atoms with Crippen LogP contribution in [0.5, 0.6) is 0 Å². The largest absolute Gasteiger partial charge is 0.337 e. The molecule has 4 heteroatoms. The number of benzene rings is 1. The summed E-state index contributed by atoms with van der Waals surface area (Å²) in [5.74, 6) is -0.0583. The van der Waals surface area contributed by atoms with E-state index in [1.54, 1.807) is 6.92 Å². The second-order valence-corrected chi connectivity index (χ2v) is 5.67. The lowest BCUT2D eigenvalue weighted by Gasteiger charge is -2.28. The Balaban J connectivity index is 2.52. The molecule has 108 valence electrons. The van der Waals surface area contributed by atoms with Gasteiger partial charge in [0.1, 0.15) is 5.54 Å². The van der Waals surface area contributed by atoms with Crippen molar-refractivity contribution < 1.29 is 4.79 Å². The minimum Gasteiger partial charge on any atom is -0.337 e. The highest BCUT2D eigenvalue weighted by molar-refractivity contribution is 5.79. The summed E-state index contributed by atoms with van der Waals surface area (Å²) in [6, 6.07) is 12.2. The maximum Gasteiger partial charge on any atom is 0.235 e. The molecule has 4 nitrogen and oxygen atoms in total. The van der Waals surface area contributed by atoms with Crippen molar-refractivity contribution in [1.29, 1.82) is 5.26 Å². The molecular formula is C16H23N3O. The molecule has 0 bridgehead atoms. The molecule has 1 atom stereocenters. The zero-order valence-electron chi connectivity index (χ0n) is 12.7. The van der Waals surface area contributed by atoms with Crippen LogP contribution in [-0.4, -0.2) is 29.9 Å². The molecule has 1 aromatic rings. The van der Waals surface area contributed by atoms with Crippen molar-refractivity contribution in [3.8, 4) is 6.07 Å². The van der Waals surface area contributed by atoms with Crippen LogP contribution in [0.4, 0.5) is 0 Å². The molecule has 0 heterocycles. The third-order valence-electron chi connectivity index (χ3n) is 3.49. The van der Waals surface area contributed by atoms with Crippen molar-refractivity contribution in [2.24, 2.45) is 5.92 Å². The van der Waals surface area contributed by atoms with Gasteiger partial charge in [-0.3, -0.25) is 9.69 Å². The third-order valence-corrected chi connectivity index (χ3v) is 3.49. The summed E-state index contributed by atoms with van der Waals surface area (Å²) in [6.45, 7) is 6.60. The predicted octanol–water partition coefficient (Wildman–Crippen LogP) is 2.17. The Labute approximate surface area is 121 Å². The van der Waals surface area contributed by atoms with Gasteiger partial charge in [-0.2, -0.15) is 5.26 Å². The number of nitriles is 1. The van der Waals surface area contributed by atoms with E-state index in [-0.39, 0.29) is 18.4 Å². The van der Waals surface area contributed by atoms with E-state index in [0.29, 0.717) is 6.54 Å². The highest BCUT2D eigenvalue weighted by atomic mass is 16.2. The molecule has 0 aliphatic carbocycles. The van der Waals surface area contributed by atoms with E-state index in [9.17, 15) is 10.1 Å². The number of hydrogen-bond acceptors (Lipinski definition) is 3. The van der Waals surface area contributed by atoms with Gasteiger partial charge in [0, 0.05) is 6.54 Å². The van der Waals surface area contributed by atoms with E-state index in [4.69, 9.17) is 0 Å². The molecule has 0 aromatic heterocycles. The highest BCUT2D eigenvalue weighted by Gasteiger charge is 2.30. The van der Waals surface area contributed by atoms with Gasteiger partial charge in [0.2, 0.25) is 5.91 Å². The van der Waals surface area contributed by atoms with E-state index in [1.807, 2.05) is 56.1 Å². The molecule has 0 saturated carbocycles. The number of likely N-dealkylation sites (N-methyl/N-ethyl adjacent to an activating group) is 1. The van der Waals surface area contributed by atoms with E-state index in [0.717, 1.165) is 5.56 Å². The lowest BCUT2D eigenvalue weighted by molar-refractivity contribution is -0.123. The first-order valence-electron chi connectivity index (χ1n) is 6.82. The van der Waals surface area contributed by atoms with Gasteiger partial charge in [-0.1, -0.05) is 44.2 Å². The molecule has 1 amide bonds. The van der Waals surface area contributed by atoms with Gasteiger partial charge in [-0.15, -0.1) is 0 Å². The van der Waals surface area contributed by atoms with Crippen LogP contribution in [0.3, 0.4) is 0 Å². The Hall–Kier alpha value is -1.86. The van der Waals surface area contributed by atoms with Gasteiger partial charge in [0.05, 0.1) is 12.6 Å². The average Bonchev–Trinajstić information content (AvgIpc) is 2.39. The predicted molar refractivity (Wildman–Crippen MR) is 79.8 cm³/mol. The average molecular weight is 273 g/mol. The highest BCUT2D eigenvalue weighted by Crippen LogP contribution is 2.15. The van der Waals surface area contributed by atoms with Crippen LogP contribution in [0.1, 0.15) is 26.3 Å². The molecule has 1 rings (SSSR count). The smallest absolute Gasteiger partial charge is 0.235 e. The number of hydrogen-bond donors (Lipinski definition) is 1. The second-order valence-electron chi connectivity index (χ2n) is 5.67. The molecule has 20 heavy (non-hydrogen) atoms. The quantitative estimate of drug-likeness (QED) is 0.864. The van der Waals surface area contributed by atoms with Crippen molar-refractivity contribution in [2.45, 2.75) is 32.9 Å². The van der Waals surface area contributed by atoms with Crippen LogP contribution in [-0.2, 0) is 11.3 Å². The zero-order valence-corrected chi connectivity index (χ0v) is 12.7. The summed E-state index contributed by atoms with van der Waals surface area (Å²) in [4.78, 5) is 14.0. The number of rotatable bonds is 6. The number of carbonyl (C=O) groups is 1. The summed E-state index contributed by atoms with van der Waals surface area (Å²) in [6.07, 6.45) is 0. The number of nitrogens with one attached hydrogen (secondary N) is 1. The fourth-order valence-electron chi connectivity index (χ4n) is 1.83. The van der Waals surface area contributed by atoms with Crippen LogP contribution in [0.25, 0.3) is 0 Å². The number of nitrogens with zero attached hydrogens (tertiary/aromatic N) is 2. The summed E-state index contributed by atoms with van der Waals surface area (Å²) in [5.41, 5.74) is 0.347. The fraction of sp³-hybridized carbons (Fsp3) is 0.500. The standard InChI is InChI=1S/C16H23N3O/c1-13(2)16(3,12-17)18-15(20)11-19(4)10-14-8-6-5-7-9-14/h5-9,13H,10-11H2,1-4H3,(H,18,20). The van der Waals surface area contributed by atoms with Gasteiger partial charge in [-0.25, -0.2) is 0 Å². The molecule has 1 N–H and O–H groups in total. The molecule has 0 radical (unpaired) electrons. The zero-order chi connectivity index (χ0) is 15.2. The molecule has 1 unspecified atom stereocenters. The Morgan fingerprint density at radius 1 is 1.40 bits per heavy atom. The SMILES string of the molecule is CC(C)C(C)(C#N)NC(=O)CN(C)Cc1ccccc1. The Morgan fingerprint density at radius 2 is 2.00 bits per heavy atom. The normalized spacial score (nSPS) is 13.8. The van der Waals surface area contributed by atoms with E-state index in [1.165, 1.54) is 0 Å². The minimum absolute atomic E-state index is 0.0656. The lowest BCUT2D eigenvalue weighted by atomic mass is 9.90. The van der Waals surface area contributed by atoms with E-state index in [2.05, 4.69) is 11.4 Å². The Bertz CT molecular complexity index is 478. The number of carbonyl (C=O) groups excluding carboxylic acids is 1. The van der Waals surface area contributed by atoms with Crippen LogP contribution >= 0.6 is 0 Å². The Kier molecular flexibility index (Phi) is 5.72. The van der Waals surface area contributed by atoms with Gasteiger partial charge in [0.25, 0.3) is 0 Å². The van der Waals surface area contributed by atoms with Gasteiger partial charge in [-0.05, 0) is 25.5 Å². The van der Waals surface area contributed by atoms with Crippen LogP contribution < -0.4 is 5.32 Å². The summed E-state index contributed by atoms with van der Waals surface area (Å²) in [5, 5.41) is 12.0. The molecule has 0 saturated heterocycles. The maximum absolute atomic E-state index is 12.0. The Morgan fingerprint density at radius 3 is 2.50 bits per heavy atom. The van der Waals surface area contributed by atoms with Crippen molar-refractivity contribution in [3.05, 3.63) is 35.9 Å². The molecular weight excluding hydrogens is 250 g/mol. The summed E-state index contributed by atoms with van der Waals surface area (Å²) >= 11 is 0. The molecule has 0 spiro atoms. The molecule has 0 aliphatic rings. The van der Waals surface area contributed by atoms with Gasteiger partial charge in [0.15, 0.2) is 0 Å². The minimum atomic E-state index is -0.815. The second kappa shape index (κ2) is 7.06. The first-order chi connectivity index (χ1) is 9.37. The van der Waals surface area contributed by atoms with Crippen molar-refractivity contribution in [2.75, 3.05) is 13.6 Å². The van der Waals surface area contributed by atoms with Crippen molar-refractivity contribution in [1.82, 2.24) is 10.2 Å². The van der Waals surface area contributed by atoms with Crippen molar-refractivity contribution >= 4 is 5.91 Å². The molecule has 0 aliphatic heterocycles. The molecule has 1 aromatic carbocycles. The van der Waals surface area contributed by atoms with E-state index >= 15 is 0 Å². The first kappa shape index (κ1) is 16.2. The third kappa shape index (κ3) is 4.67.